The fourth-order valence-corrected chi connectivity index (χ4v) is 6.54. The van der Waals surface area contributed by atoms with Crippen molar-refractivity contribution in [1.82, 2.24) is 0 Å². The number of hydrogen-bond acceptors (Lipinski definition) is 3. The summed E-state index contributed by atoms with van der Waals surface area (Å²) in [4.78, 5) is 1.12. The molecule has 134 valence electrons. The highest BCUT2D eigenvalue weighted by Crippen LogP contribution is 2.28. The zero-order valence-corrected chi connectivity index (χ0v) is 16.4. The second-order valence-corrected chi connectivity index (χ2v) is 10.3. The summed E-state index contributed by atoms with van der Waals surface area (Å²) in [6.07, 6.45) is 0. The first-order chi connectivity index (χ1) is 12.3. The lowest BCUT2D eigenvalue weighted by atomic mass is 10.2. The third-order valence-electron chi connectivity index (χ3n) is 3.77. The summed E-state index contributed by atoms with van der Waals surface area (Å²) in [5.41, 5.74) is 0.953. The molecule has 4 nitrogen and oxygen atoms in total. The van der Waals surface area contributed by atoms with Crippen molar-refractivity contribution >= 4 is 31.2 Å². The molecular weight excluding hydrogens is 388 g/mol. The van der Waals surface area contributed by atoms with Gasteiger partial charge in [-0.25, -0.2) is 0 Å². The lowest BCUT2D eigenvalue weighted by Crippen LogP contribution is -2.06. The first-order valence-electron chi connectivity index (χ1n) is 7.76. The van der Waals surface area contributed by atoms with Crippen molar-refractivity contribution < 1.29 is 8.42 Å². The van der Waals surface area contributed by atoms with Crippen LogP contribution in [0.2, 0.25) is 5.02 Å². The molecule has 1 atom stereocenters. The van der Waals surface area contributed by atoms with Crippen LogP contribution in [0.1, 0.15) is 5.56 Å². The summed E-state index contributed by atoms with van der Waals surface area (Å²) in [5, 5.41) is 0.518. The van der Waals surface area contributed by atoms with E-state index in [4.69, 9.17) is 16.4 Å². The highest BCUT2D eigenvalue weighted by Gasteiger charge is 2.20. The van der Waals surface area contributed by atoms with Crippen molar-refractivity contribution in [3.8, 4) is 0 Å². The van der Waals surface area contributed by atoms with Crippen LogP contribution in [0, 0.1) is 11.7 Å². The summed E-state index contributed by atoms with van der Waals surface area (Å²) in [6.45, 7) is 1.88. The average Bonchev–Trinajstić information content (AvgIpc) is 2.63. The van der Waals surface area contributed by atoms with Crippen LogP contribution in [-0.4, -0.2) is 8.42 Å². The van der Waals surface area contributed by atoms with Gasteiger partial charge in [0.15, 0.2) is 0 Å². The molecule has 0 amide bonds. The molecule has 26 heavy (non-hydrogen) atoms. The van der Waals surface area contributed by atoms with Gasteiger partial charge in [-0.2, -0.15) is 8.42 Å². The van der Waals surface area contributed by atoms with Crippen molar-refractivity contribution in [1.29, 1.82) is 4.78 Å². The average molecular weight is 405 g/mol. The van der Waals surface area contributed by atoms with Crippen LogP contribution >= 0.6 is 11.6 Å². The summed E-state index contributed by atoms with van der Waals surface area (Å²) in [6, 6.07) is 21.9. The van der Waals surface area contributed by atoms with Crippen LogP contribution < -0.4 is 0 Å². The predicted octanol–water partition coefficient (Wildman–Crippen LogP) is 5.56. The van der Waals surface area contributed by atoms with Crippen LogP contribution in [0.5, 0.6) is 0 Å². The van der Waals surface area contributed by atoms with E-state index in [-0.39, 0.29) is 4.90 Å². The molecule has 0 aliphatic heterocycles. The van der Waals surface area contributed by atoms with Gasteiger partial charge >= 0.3 is 0 Å². The maximum atomic E-state index is 12.9. The van der Waals surface area contributed by atoms with Crippen molar-refractivity contribution in [2.75, 3.05) is 0 Å². The Labute approximate surface area is 159 Å². The molecule has 0 aliphatic rings. The first kappa shape index (κ1) is 18.6. The molecule has 0 radical (unpaired) electrons. The minimum absolute atomic E-state index is 0.0807. The van der Waals surface area contributed by atoms with Crippen LogP contribution in [0.4, 0.5) is 0 Å². The van der Waals surface area contributed by atoms with E-state index in [0.717, 1.165) is 5.56 Å². The van der Waals surface area contributed by atoms with Gasteiger partial charge in [0.25, 0.3) is 10.0 Å². The van der Waals surface area contributed by atoms with Crippen molar-refractivity contribution in [3.05, 3.63) is 89.4 Å². The SMILES string of the molecule is Cc1ccc(S(=O)(=O)N=S(=N)(c2ccccc2)c2ccc(Cl)cc2)cc1. The zero-order chi connectivity index (χ0) is 18.8. The van der Waals surface area contributed by atoms with Gasteiger partial charge < -0.3 is 0 Å². The highest BCUT2D eigenvalue weighted by molar-refractivity contribution is 8.04. The molecule has 0 saturated carbocycles. The number of sulfonamides is 1. The maximum absolute atomic E-state index is 12.9. The molecule has 3 rings (SSSR count). The monoisotopic (exact) mass is 404 g/mol. The maximum Gasteiger partial charge on any atom is 0.289 e. The van der Waals surface area contributed by atoms with E-state index in [0.29, 0.717) is 14.8 Å². The van der Waals surface area contributed by atoms with E-state index in [9.17, 15) is 8.42 Å². The number of nitrogens with zero attached hydrogens (tertiary/aromatic N) is 1. The van der Waals surface area contributed by atoms with Gasteiger partial charge in [0.05, 0.1) is 4.90 Å². The first-order valence-corrected chi connectivity index (χ1v) is 11.2. The second kappa shape index (κ2) is 7.23. The number of halogens is 1. The molecule has 3 aromatic rings. The quantitative estimate of drug-likeness (QED) is 0.618. The Balaban J connectivity index is 2.27. The van der Waals surface area contributed by atoms with Crippen LogP contribution in [0.3, 0.4) is 0 Å². The summed E-state index contributed by atoms with van der Waals surface area (Å²) < 4.78 is 38.9. The van der Waals surface area contributed by atoms with Gasteiger partial charge in [0, 0.05) is 24.4 Å². The van der Waals surface area contributed by atoms with E-state index in [1.807, 2.05) is 13.0 Å². The minimum Gasteiger partial charge on any atom is -0.260 e. The molecule has 1 unspecified atom stereocenters. The summed E-state index contributed by atoms with van der Waals surface area (Å²) in [7, 11) is -6.90. The standard InChI is InChI=1S/C19H17ClN2O2S2/c1-15-7-11-19(12-8-15)26(23,24)22-25(21,17-5-3-2-4-6-17)18-13-9-16(20)10-14-18/h2-14,21H,1H3. The Kier molecular flexibility index (Phi) is 5.18. The van der Waals surface area contributed by atoms with Gasteiger partial charge in [0.2, 0.25) is 0 Å². The molecule has 0 aromatic heterocycles. The van der Waals surface area contributed by atoms with E-state index in [1.54, 1.807) is 60.7 Å². The van der Waals surface area contributed by atoms with Gasteiger partial charge in [-0.15, -0.1) is 3.77 Å². The number of aryl methyl sites for hydroxylation is 1. The number of hydrogen-bond donors (Lipinski definition) is 1. The Hall–Kier alpha value is -2.15. The molecule has 0 fully saturated rings. The third-order valence-corrected chi connectivity index (χ3v) is 8.48. The fraction of sp³-hybridized carbons (Fsp3) is 0.0526. The largest absolute Gasteiger partial charge is 0.289 e. The number of benzene rings is 3. The van der Waals surface area contributed by atoms with E-state index in [1.165, 1.54) is 12.1 Å². The predicted molar refractivity (Wildman–Crippen MR) is 105 cm³/mol. The Morgan fingerprint density at radius 1 is 0.769 bits per heavy atom. The molecule has 0 spiro atoms. The minimum atomic E-state index is -4.00. The topological polar surface area (TPSA) is 70.3 Å². The van der Waals surface area contributed by atoms with Gasteiger partial charge in [-0.05, 0) is 55.5 Å². The molecule has 7 heteroatoms. The molecule has 3 aromatic carbocycles. The molecule has 0 heterocycles. The second-order valence-electron chi connectivity index (χ2n) is 5.71. The van der Waals surface area contributed by atoms with Crippen molar-refractivity contribution in [2.45, 2.75) is 21.6 Å². The molecule has 0 bridgehead atoms. The van der Waals surface area contributed by atoms with Gasteiger partial charge in [-0.3, -0.25) is 4.78 Å². The fourth-order valence-electron chi connectivity index (χ4n) is 2.37. The van der Waals surface area contributed by atoms with Crippen LogP contribution in [-0.2, 0) is 19.6 Å². The number of nitrogens with one attached hydrogen (secondary N) is 1. The van der Waals surface area contributed by atoms with Crippen LogP contribution in [0.25, 0.3) is 0 Å². The van der Waals surface area contributed by atoms with Crippen molar-refractivity contribution in [2.24, 2.45) is 3.77 Å². The summed E-state index contributed by atoms with van der Waals surface area (Å²) in [5.74, 6) is 0. The third kappa shape index (κ3) is 3.82. The lowest BCUT2D eigenvalue weighted by molar-refractivity contribution is 0.598. The Morgan fingerprint density at radius 3 is 1.85 bits per heavy atom. The Morgan fingerprint density at radius 2 is 1.27 bits per heavy atom. The molecule has 1 N–H and O–H groups in total. The molecular formula is C19H17ClN2O2S2. The van der Waals surface area contributed by atoms with Gasteiger partial charge in [-0.1, -0.05) is 47.5 Å². The van der Waals surface area contributed by atoms with E-state index in [2.05, 4.69) is 3.77 Å². The van der Waals surface area contributed by atoms with Crippen LogP contribution in [0.15, 0.2) is 97.3 Å². The Bertz CT molecular complexity index is 1130. The number of rotatable bonds is 4. The zero-order valence-electron chi connectivity index (χ0n) is 14.0. The smallest absolute Gasteiger partial charge is 0.260 e. The van der Waals surface area contributed by atoms with Crippen molar-refractivity contribution in [3.63, 3.8) is 0 Å². The van der Waals surface area contributed by atoms with E-state index >= 15 is 0 Å². The summed E-state index contributed by atoms with van der Waals surface area (Å²) >= 11 is 5.95. The molecule has 0 saturated heterocycles. The lowest BCUT2D eigenvalue weighted by Gasteiger charge is -2.14. The highest BCUT2D eigenvalue weighted by atomic mass is 35.5. The van der Waals surface area contributed by atoms with E-state index < -0.39 is 19.6 Å². The molecule has 0 aliphatic carbocycles. The normalized spacial score (nSPS) is 13.8. The van der Waals surface area contributed by atoms with Gasteiger partial charge in [0.1, 0.15) is 0 Å².